The molecule has 174 valence electrons. The normalized spacial score (nSPS) is 32.9. The second-order valence-electron chi connectivity index (χ2n) is 10.3. The van der Waals surface area contributed by atoms with Gasteiger partial charge in [0.15, 0.2) is 0 Å². The number of hydrogen-bond donors (Lipinski definition) is 0. The van der Waals surface area contributed by atoms with Crippen LogP contribution in [0.15, 0.2) is 18.2 Å². The fourth-order valence-electron chi connectivity index (χ4n) is 6.22. The number of hydrogen-bond acceptors (Lipinski definition) is 5. The van der Waals surface area contributed by atoms with Crippen molar-refractivity contribution < 1.29 is 23.8 Å². The molecule has 7 heteroatoms. The smallest absolute Gasteiger partial charge is 0.245 e. The average Bonchev–Trinajstić information content (AvgIpc) is 3.27. The van der Waals surface area contributed by atoms with Gasteiger partial charge in [0.1, 0.15) is 23.1 Å². The fourth-order valence-corrected chi connectivity index (χ4v) is 6.22. The van der Waals surface area contributed by atoms with Gasteiger partial charge in [-0.2, -0.15) is 0 Å². The molecule has 0 N–H and O–H groups in total. The van der Waals surface area contributed by atoms with Gasteiger partial charge < -0.3 is 24.0 Å². The monoisotopic (exact) mass is 442 g/mol. The van der Waals surface area contributed by atoms with Gasteiger partial charge in [-0.15, -0.1) is 0 Å². The molecule has 0 bridgehead atoms. The predicted molar refractivity (Wildman–Crippen MR) is 119 cm³/mol. The third-order valence-corrected chi connectivity index (χ3v) is 7.95. The summed E-state index contributed by atoms with van der Waals surface area (Å²) in [7, 11) is 1.66. The first kappa shape index (κ1) is 21.6. The van der Waals surface area contributed by atoms with Crippen molar-refractivity contribution in [1.29, 1.82) is 0 Å². The summed E-state index contributed by atoms with van der Waals surface area (Å²) in [5.41, 5.74) is 0.716. The number of fused-ring (bicyclic) bond motifs is 4. The van der Waals surface area contributed by atoms with E-state index in [1.54, 1.807) is 18.9 Å². The molecule has 5 atom stereocenters. The third kappa shape index (κ3) is 3.54. The van der Waals surface area contributed by atoms with Crippen LogP contribution in [0, 0.1) is 11.8 Å². The van der Waals surface area contributed by atoms with Crippen molar-refractivity contribution in [2.45, 2.75) is 70.3 Å². The first-order valence-electron chi connectivity index (χ1n) is 11.9. The lowest BCUT2D eigenvalue weighted by Crippen LogP contribution is -2.57. The minimum absolute atomic E-state index is 0.00372. The summed E-state index contributed by atoms with van der Waals surface area (Å²) < 4.78 is 18.5. The van der Waals surface area contributed by atoms with Gasteiger partial charge in [0.05, 0.1) is 19.3 Å². The van der Waals surface area contributed by atoms with Gasteiger partial charge in [-0.05, 0) is 51.7 Å². The van der Waals surface area contributed by atoms with E-state index in [2.05, 4.69) is 19.9 Å². The van der Waals surface area contributed by atoms with Gasteiger partial charge in [-0.1, -0.05) is 0 Å². The molecule has 32 heavy (non-hydrogen) atoms. The molecule has 0 radical (unpaired) electrons. The molecular weight excluding hydrogens is 408 g/mol. The summed E-state index contributed by atoms with van der Waals surface area (Å²) in [5.74, 6) is 2.21. The molecule has 4 aliphatic rings. The predicted octanol–water partition coefficient (Wildman–Crippen LogP) is 3.17. The van der Waals surface area contributed by atoms with E-state index in [1.165, 1.54) is 0 Å². The van der Waals surface area contributed by atoms with Crippen molar-refractivity contribution in [1.82, 2.24) is 9.80 Å². The Morgan fingerprint density at radius 3 is 2.75 bits per heavy atom. The number of carbonyl (C=O) groups excluding carboxylic acids is 2. The van der Waals surface area contributed by atoms with Gasteiger partial charge in [-0.25, -0.2) is 0 Å². The summed E-state index contributed by atoms with van der Waals surface area (Å²) in [6.45, 7) is 7.90. The molecule has 1 aromatic rings. The van der Waals surface area contributed by atoms with E-state index in [4.69, 9.17) is 14.2 Å². The summed E-state index contributed by atoms with van der Waals surface area (Å²) in [4.78, 5) is 29.0. The van der Waals surface area contributed by atoms with Crippen LogP contribution in [0.2, 0.25) is 0 Å². The van der Waals surface area contributed by atoms with Gasteiger partial charge in [-0.3, -0.25) is 9.59 Å². The zero-order valence-electron chi connectivity index (χ0n) is 19.5. The van der Waals surface area contributed by atoms with Gasteiger partial charge in [0.25, 0.3) is 0 Å². The van der Waals surface area contributed by atoms with Crippen molar-refractivity contribution >= 4 is 11.8 Å². The first-order chi connectivity index (χ1) is 15.3. The van der Waals surface area contributed by atoms with Crippen LogP contribution in [-0.4, -0.2) is 66.1 Å². The minimum atomic E-state index is -0.377. The minimum Gasteiger partial charge on any atom is -0.497 e. The highest BCUT2D eigenvalue weighted by molar-refractivity contribution is 5.87. The standard InChI is InChI=1S/C25H34N2O5/c1-15(28)27-10-5-6-20(27)24(29)26-11-9-21-16(14-26)12-19-23(31-21)18-8-7-17(30-4)13-22(18)32-25(19,2)3/h7-8,13,16,19-21,23H,5-6,9-12,14H2,1-4H3/t16-,19+,20-,21+,23-/m1/s1. The average molecular weight is 443 g/mol. The first-order valence-corrected chi connectivity index (χ1v) is 11.9. The van der Waals surface area contributed by atoms with E-state index in [0.717, 1.165) is 42.7 Å². The van der Waals surface area contributed by atoms with Crippen LogP contribution in [0.5, 0.6) is 11.5 Å². The molecule has 5 rings (SSSR count). The van der Waals surface area contributed by atoms with Crippen LogP contribution < -0.4 is 9.47 Å². The number of piperidine rings is 1. The Morgan fingerprint density at radius 1 is 1.19 bits per heavy atom. The van der Waals surface area contributed by atoms with Crippen LogP contribution in [-0.2, 0) is 14.3 Å². The van der Waals surface area contributed by atoms with Crippen LogP contribution in [0.4, 0.5) is 0 Å². The van der Waals surface area contributed by atoms with Crippen molar-refractivity contribution in [3.63, 3.8) is 0 Å². The number of benzene rings is 1. The van der Waals surface area contributed by atoms with Gasteiger partial charge in [0.2, 0.25) is 11.8 Å². The molecule has 0 aromatic heterocycles. The quantitative estimate of drug-likeness (QED) is 0.704. The maximum absolute atomic E-state index is 13.3. The zero-order chi connectivity index (χ0) is 22.6. The van der Waals surface area contributed by atoms with Crippen molar-refractivity contribution in [3.05, 3.63) is 23.8 Å². The summed E-state index contributed by atoms with van der Waals surface area (Å²) in [6.07, 6.45) is 3.59. The molecule has 1 aromatic carbocycles. The highest BCUT2D eigenvalue weighted by Crippen LogP contribution is 2.53. The van der Waals surface area contributed by atoms with Gasteiger partial charge in [0, 0.05) is 50.0 Å². The highest BCUT2D eigenvalue weighted by atomic mass is 16.5. The maximum atomic E-state index is 13.3. The maximum Gasteiger partial charge on any atom is 0.245 e. The van der Waals surface area contributed by atoms with Crippen molar-refractivity contribution in [2.24, 2.45) is 11.8 Å². The lowest BCUT2D eigenvalue weighted by atomic mass is 9.70. The van der Waals surface area contributed by atoms with Crippen LogP contribution in [0.3, 0.4) is 0 Å². The largest absolute Gasteiger partial charge is 0.497 e. The number of methoxy groups -OCH3 is 1. The Kier molecular flexibility index (Phi) is 5.35. The third-order valence-electron chi connectivity index (χ3n) is 7.95. The molecular formula is C25H34N2O5. The van der Waals surface area contributed by atoms with E-state index in [0.29, 0.717) is 19.6 Å². The topological polar surface area (TPSA) is 68.3 Å². The molecule has 0 spiro atoms. The lowest BCUT2D eigenvalue weighted by molar-refractivity contribution is -0.189. The van der Waals surface area contributed by atoms with Crippen LogP contribution in [0.25, 0.3) is 0 Å². The number of nitrogens with zero attached hydrogens (tertiary/aromatic N) is 2. The van der Waals surface area contributed by atoms with E-state index < -0.39 is 0 Å². The Morgan fingerprint density at radius 2 is 2.00 bits per heavy atom. The van der Waals surface area contributed by atoms with E-state index >= 15 is 0 Å². The van der Waals surface area contributed by atoms with Gasteiger partial charge >= 0.3 is 0 Å². The van der Waals surface area contributed by atoms with E-state index in [-0.39, 0.29) is 47.5 Å². The lowest BCUT2D eigenvalue weighted by Gasteiger charge is -2.53. The van der Waals surface area contributed by atoms with Crippen LogP contribution in [0.1, 0.15) is 58.1 Å². The Labute approximate surface area is 190 Å². The molecule has 4 aliphatic heterocycles. The second-order valence-corrected chi connectivity index (χ2v) is 10.3. The number of rotatable bonds is 2. The van der Waals surface area contributed by atoms with Crippen molar-refractivity contribution in [3.8, 4) is 11.5 Å². The highest BCUT2D eigenvalue weighted by Gasteiger charge is 2.52. The molecule has 0 aliphatic carbocycles. The fraction of sp³-hybridized carbons (Fsp3) is 0.680. The molecule has 2 amide bonds. The number of carbonyl (C=O) groups is 2. The molecule has 3 saturated heterocycles. The molecule has 0 unspecified atom stereocenters. The van der Waals surface area contributed by atoms with E-state index in [1.807, 2.05) is 17.0 Å². The zero-order valence-corrected chi connectivity index (χ0v) is 19.5. The van der Waals surface area contributed by atoms with Crippen molar-refractivity contribution in [2.75, 3.05) is 26.7 Å². The molecule has 3 fully saturated rings. The summed E-state index contributed by atoms with van der Waals surface area (Å²) >= 11 is 0. The summed E-state index contributed by atoms with van der Waals surface area (Å²) in [6, 6.07) is 5.69. The number of ether oxygens (including phenoxy) is 3. The number of likely N-dealkylation sites (tertiary alicyclic amines) is 2. The number of amides is 2. The molecule has 7 nitrogen and oxygen atoms in total. The second kappa shape index (κ2) is 7.94. The SMILES string of the molecule is COc1ccc2c(c1)OC(C)(C)[C@H]1C[C@@H]3CN(C(=O)[C@H]4CCCN4C(C)=O)CC[C@@H]3O[C@H]21. The molecule has 4 heterocycles. The Balaban J connectivity index is 1.34. The molecule has 0 saturated carbocycles. The Hall–Kier alpha value is -2.28. The van der Waals surface area contributed by atoms with Crippen LogP contribution >= 0.6 is 0 Å². The summed E-state index contributed by atoms with van der Waals surface area (Å²) in [5, 5.41) is 0. The van der Waals surface area contributed by atoms with E-state index in [9.17, 15) is 9.59 Å². The Bertz CT molecular complexity index is 916.